The number of halogens is 2. The molecule has 84 valence electrons. The summed E-state index contributed by atoms with van der Waals surface area (Å²) in [5.41, 5.74) is -0.794. The van der Waals surface area contributed by atoms with Crippen LogP contribution in [0.15, 0.2) is 12.1 Å². The molecule has 16 heavy (non-hydrogen) atoms. The van der Waals surface area contributed by atoms with Crippen LogP contribution in [0.4, 0.5) is 14.5 Å². The lowest BCUT2D eigenvalue weighted by Gasteiger charge is -2.07. The summed E-state index contributed by atoms with van der Waals surface area (Å²) in [6, 6.07) is 2.16. The van der Waals surface area contributed by atoms with E-state index in [1.165, 1.54) is 6.07 Å². The lowest BCUT2D eigenvalue weighted by Crippen LogP contribution is -2.08. The molecule has 0 bridgehead atoms. The van der Waals surface area contributed by atoms with E-state index in [1.54, 1.807) is 0 Å². The second kappa shape index (κ2) is 5.12. The van der Waals surface area contributed by atoms with Gasteiger partial charge in [-0.25, -0.2) is 13.6 Å². The Kier molecular flexibility index (Phi) is 3.84. The van der Waals surface area contributed by atoms with Crippen molar-refractivity contribution < 1.29 is 18.7 Å². The summed E-state index contributed by atoms with van der Waals surface area (Å²) in [4.78, 5) is 10.5. The van der Waals surface area contributed by atoms with E-state index in [2.05, 4.69) is 11.2 Å². The van der Waals surface area contributed by atoms with E-state index in [4.69, 9.17) is 11.5 Å². The summed E-state index contributed by atoms with van der Waals surface area (Å²) in [5, 5.41) is 11.1. The van der Waals surface area contributed by atoms with Crippen LogP contribution in [0.5, 0.6) is 0 Å². The van der Waals surface area contributed by atoms with Crippen molar-refractivity contribution in [2.45, 2.75) is 6.42 Å². The smallest absolute Gasteiger partial charge is 0.338 e. The first-order valence-electron chi connectivity index (χ1n) is 4.46. The monoisotopic (exact) mass is 225 g/mol. The van der Waals surface area contributed by atoms with Gasteiger partial charge in [0, 0.05) is 13.0 Å². The van der Waals surface area contributed by atoms with Gasteiger partial charge in [-0.2, -0.15) is 0 Å². The van der Waals surface area contributed by atoms with E-state index >= 15 is 0 Å². The first-order valence-corrected chi connectivity index (χ1v) is 4.46. The van der Waals surface area contributed by atoms with Gasteiger partial charge in [0.05, 0.1) is 11.3 Å². The molecule has 2 N–H and O–H groups in total. The number of aromatic carboxylic acids is 1. The molecule has 0 spiro atoms. The maximum atomic E-state index is 13.3. The zero-order valence-electron chi connectivity index (χ0n) is 8.26. The summed E-state index contributed by atoms with van der Waals surface area (Å²) >= 11 is 0. The average Bonchev–Trinajstić information content (AvgIpc) is 2.24. The predicted octanol–water partition coefficient (Wildman–Crippen LogP) is 2.10. The van der Waals surface area contributed by atoms with Gasteiger partial charge in [-0.15, -0.1) is 12.3 Å². The summed E-state index contributed by atoms with van der Waals surface area (Å²) in [7, 11) is 0. The van der Waals surface area contributed by atoms with Crippen molar-refractivity contribution in [1.82, 2.24) is 0 Å². The number of hydrogen-bond donors (Lipinski definition) is 2. The van der Waals surface area contributed by atoms with Crippen molar-refractivity contribution in [3.8, 4) is 12.3 Å². The van der Waals surface area contributed by atoms with Crippen molar-refractivity contribution in [3.63, 3.8) is 0 Å². The zero-order chi connectivity index (χ0) is 12.1. The third-order valence-corrected chi connectivity index (χ3v) is 1.90. The number of terminal acetylenes is 1. The minimum absolute atomic E-state index is 0.0993. The van der Waals surface area contributed by atoms with Crippen LogP contribution in [0, 0.1) is 24.0 Å². The fraction of sp³-hybridized carbons (Fsp3) is 0.182. The number of carboxylic acids is 1. The molecule has 1 rings (SSSR count). The Bertz CT molecular complexity index is 452. The predicted molar refractivity (Wildman–Crippen MR) is 55.3 cm³/mol. The highest BCUT2D eigenvalue weighted by atomic mass is 19.2. The normalized spacial score (nSPS) is 9.56. The topological polar surface area (TPSA) is 49.3 Å². The van der Waals surface area contributed by atoms with E-state index < -0.39 is 23.2 Å². The van der Waals surface area contributed by atoms with Crippen LogP contribution in [-0.4, -0.2) is 17.6 Å². The molecule has 0 saturated carbocycles. The molecular weight excluding hydrogens is 216 g/mol. The first-order chi connectivity index (χ1) is 7.57. The van der Waals surface area contributed by atoms with Crippen LogP contribution in [-0.2, 0) is 0 Å². The Balaban J connectivity index is 2.94. The van der Waals surface area contributed by atoms with Gasteiger partial charge in [0.1, 0.15) is 0 Å². The lowest BCUT2D eigenvalue weighted by atomic mass is 10.2. The Morgan fingerprint density at radius 2 is 2.12 bits per heavy atom. The van der Waals surface area contributed by atoms with Gasteiger partial charge in [0.15, 0.2) is 11.6 Å². The fourth-order valence-corrected chi connectivity index (χ4v) is 1.12. The van der Waals surface area contributed by atoms with Crippen LogP contribution < -0.4 is 5.32 Å². The highest BCUT2D eigenvalue weighted by Crippen LogP contribution is 2.20. The molecule has 0 heterocycles. The molecule has 0 aromatic heterocycles. The number of carbonyl (C=O) groups is 1. The largest absolute Gasteiger partial charge is 0.478 e. The lowest BCUT2D eigenvalue weighted by molar-refractivity contribution is 0.0690. The van der Waals surface area contributed by atoms with Crippen molar-refractivity contribution in [2.75, 3.05) is 11.9 Å². The number of anilines is 1. The fourth-order valence-electron chi connectivity index (χ4n) is 1.12. The second-order valence-corrected chi connectivity index (χ2v) is 2.97. The van der Waals surface area contributed by atoms with Crippen molar-refractivity contribution >= 4 is 11.7 Å². The van der Waals surface area contributed by atoms with E-state index in [1.807, 2.05) is 0 Å². The SMILES string of the molecule is C#CCCNc1ccc(C(=O)O)c(F)c1F. The van der Waals surface area contributed by atoms with E-state index in [0.717, 1.165) is 6.07 Å². The molecule has 0 aliphatic carbocycles. The van der Waals surface area contributed by atoms with Gasteiger partial charge >= 0.3 is 5.97 Å². The molecular formula is C11H9F2NO2. The quantitative estimate of drug-likeness (QED) is 0.609. The van der Waals surface area contributed by atoms with Crippen LogP contribution in [0.3, 0.4) is 0 Å². The average molecular weight is 225 g/mol. The number of nitrogens with one attached hydrogen (secondary N) is 1. The van der Waals surface area contributed by atoms with Crippen LogP contribution >= 0.6 is 0 Å². The molecule has 0 amide bonds. The Labute approximate surface area is 91.1 Å². The third kappa shape index (κ3) is 2.48. The Morgan fingerprint density at radius 3 is 2.69 bits per heavy atom. The molecule has 1 aromatic carbocycles. The number of hydrogen-bond acceptors (Lipinski definition) is 2. The summed E-state index contributed by atoms with van der Waals surface area (Å²) in [5.74, 6) is -1.77. The Morgan fingerprint density at radius 1 is 1.44 bits per heavy atom. The summed E-state index contributed by atoms with van der Waals surface area (Å²) in [6.07, 6.45) is 5.35. The van der Waals surface area contributed by atoms with Crippen molar-refractivity contribution in [2.24, 2.45) is 0 Å². The number of carboxylic acid groups (broad SMARTS) is 1. The van der Waals surface area contributed by atoms with Gasteiger partial charge in [-0.1, -0.05) is 0 Å². The van der Waals surface area contributed by atoms with Crippen molar-refractivity contribution in [1.29, 1.82) is 0 Å². The number of rotatable bonds is 4. The maximum absolute atomic E-state index is 13.3. The molecule has 3 nitrogen and oxygen atoms in total. The van der Waals surface area contributed by atoms with Crippen molar-refractivity contribution in [3.05, 3.63) is 29.3 Å². The van der Waals surface area contributed by atoms with E-state index in [-0.39, 0.29) is 5.69 Å². The van der Waals surface area contributed by atoms with Gasteiger partial charge < -0.3 is 10.4 Å². The molecule has 0 fully saturated rings. The molecule has 0 unspecified atom stereocenters. The molecule has 0 aliphatic heterocycles. The summed E-state index contributed by atoms with van der Waals surface area (Å²) in [6.45, 7) is 0.291. The molecule has 5 heteroatoms. The minimum atomic E-state index is -1.51. The van der Waals surface area contributed by atoms with Gasteiger partial charge in [-0.05, 0) is 12.1 Å². The highest BCUT2D eigenvalue weighted by molar-refractivity contribution is 5.88. The summed E-state index contributed by atoms with van der Waals surface area (Å²) < 4.78 is 26.5. The van der Waals surface area contributed by atoms with Gasteiger partial charge in [-0.3, -0.25) is 0 Å². The number of benzene rings is 1. The molecule has 0 atom stereocenters. The maximum Gasteiger partial charge on any atom is 0.338 e. The van der Waals surface area contributed by atoms with Crippen LogP contribution in [0.2, 0.25) is 0 Å². The Hall–Kier alpha value is -2.09. The van der Waals surface area contributed by atoms with Crippen LogP contribution in [0.25, 0.3) is 0 Å². The highest BCUT2D eigenvalue weighted by Gasteiger charge is 2.17. The van der Waals surface area contributed by atoms with E-state index in [0.29, 0.717) is 13.0 Å². The third-order valence-electron chi connectivity index (χ3n) is 1.90. The van der Waals surface area contributed by atoms with Gasteiger partial charge in [0.2, 0.25) is 0 Å². The standard InChI is InChI=1S/C11H9F2NO2/c1-2-3-6-14-8-5-4-7(11(15)16)9(12)10(8)13/h1,4-5,14H,3,6H2,(H,15,16). The zero-order valence-corrected chi connectivity index (χ0v) is 8.26. The van der Waals surface area contributed by atoms with E-state index in [9.17, 15) is 13.6 Å². The second-order valence-electron chi connectivity index (χ2n) is 2.97. The molecule has 1 aromatic rings. The first kappa shape index (κ1) is 12.0. The molecule has 0 saturated heterocycles. The van der Waals surface area contributed by atoms with Crippen LogP contribution in [0.1, 0.15) is 16.8 Å². The van der Waals surface area contributed by atoms with Gasteiger partial charge in [0.25, 0.3) is 0 Å². The molecule has 0 radical (unpaired) electrons. The minimum Gasteiger partial charge on any atom is -0.478 e. The molecule has 0 aliphatic rings.